The monoisotopic (exact) mass is 949 g/mol. The Morgan fingerprint density at radius 2 is 0.632 bits per heavy atom. The predicted octanol–water partition coefficient (Wildman–Crippen LogP) is 20.0. The van der Waals surface area contributed by atoms with E-state index in [1.54, 1.807) is 0 Å². The van der Waals surface area contributed by atoms with Gasteiger partial charge in [0.1, 0.15) is 6.61 Å². The molecule has 0 heterocycles. The zero-order chi connectivity index (χ0) is 49.2. The Bertz CT molecular complexity index is 1210. The van der Waals surface area contributed by atoms with Gasteiger partial charge in [-0.05, 0) is 83.5 Å². The molecular weight excluding hydrogens is 837 g/mol. The Labute approximate surface area is 423 Å². The van der Waals surface area contributed by atoms with Gasteiger partial charge in [0.15, 0.2) is 6.10 Å². The number of hydrogen-bond acceptors (Lipinski definition) is 5. The molecule has 5 heteroatoms. The van der Waals surface area contributed by atoms with Crippen molar-refractivity contribution in [3.63, 3.8) is 0 Å². The Morgan fingerprint density at radius 1 is 0.353 bits per heavy atom. The summed E-state index contributed by atoms with van der Waals surface area (Å²) < 4.78 is 10.7. The third-order valence-corrected chi connectivity index (χ3v) is 13.0. The van der Waals surface area contributed by atoms with E-state index in [1.165, 1.54) is 199 Å². The molecule has 68 heavy (non-hydrogen) atoms. The molecule has 0 fully saturated rings. The van der Waals surface area contributed by atoms with Crippen LogP contribution in [0.4, 0.5) is 0 Å². The summed E-state index contributed by atoms with van der Waals surface area (Å²) in [6, 6.07) is 0. The number of esters is 2. The number of aliphatic hydroxyl groups excluding tert-OH is 1. The van der Waals surface area contributed by atoms with Crippen LogP contribution in [-0.2, 0) is 19.1 Å². The second-order valence-electron chi connectivity index (χ2n) is 19.7. The van der Waals surface area contributed by atoms with Crippen LogP contribution in [0, 0.1) is 0 Å². The topological polar surface area (TPSA) is 72.8 Å². The van der Waals surface area contributed by atoms with Crippen molar-refractivity contribution in [3.05, 3.63) is 72.9 Å². The van der Waals surface area contributed by atoms with Crippen molar-refractivity contribution in [1.29, 1.82) is 0 Å². The van der Waals surface area contributed by atoms with E-state index in [4.69, 9.17) is 9.47 Å². The standard InChI is InChI=1S/C63H112O5/c1-3-5-7-9-11-13-15-17-19-21-23-25-27-28-29-30-31-32-33-34-36-37-39-41-43-45-47-49-51-53-55-57-62(65)67-60-61(59-64)68-63(66)58-56-54-52-50-48-46-44-42-40-38-35-26-24-22-20-18-16-14-12-10-8-6-4-2/h6,8,12,14-15,17-18,20-21,23-24,26,61,64H,3-5,7,9-11,13,16,19,22,25,27-60H2,1-2H3/b8-6-,14-12-,17-15-,20-18-,23-21-,26-24-. The minimum Gasteiger partial charge on any atom is -0.462 e. The minimum atomic E-state index is -0.777. The maximum atomic E-state index is 12.3. The summed E-state index contributed by atoms with van der Waals surface area (Å²) in [5.74, 6) is -0.586. The summed E-state index contributed by atoms with van der Waals surface area (Å²) in [6.45, 7) is 4.04. The molecule has 0 amide bonds. The van der Waals surface area contributed by atoms with Crippen molar-refractivity contribution in [1.82, 2.24) is 0 Å². The Kier molecular flexibility index (Phi) is 56.4. The van der Waals surface area contributed by atoms with Gasteiger partial charge in [-0.15, -0.1) is 0 Å². The fourth-order valence-corrected chi connectivity index (χ4v) is 8.58. The molecule has 0 aliphatic heterocycles. The summed E-state index contributed by atoms with van der Waals surface area (Å²) in [5, 5.41) is 9.66. The SMILES string of the molecule is CC/C=C\C/C=C\C/C=C\C/C=C\CCCCCCCCCCCCC(=O)OC(CO)COC(=O)CCCCCCCCCCCCCCCCCCCCC/C=C\C/C=C\CCCCCCC. The Balaban J connectivity index is 3.45. The zero-order valence-electron chi connectivity index (χ0n) is 45.1. The van der Waals surface area contributed by atoms with Gasteiger partial charge >= 0.3 is 11.9 Å². The van der Waals surface area contributed by atoms with Crippen molar-refractivity contribution in [2.24, 2.45) is 0 Å². The fourth-order valence-electron chi connectivity index (χ4n) is 8.58. The van der Waals surface area contributed by atoms with Crippen LogP contribution >= 0.6 is 0 Å². The first kappa shape index (κ1) is 65.3. The van der Waals surface area contributed by atoms with E-state index < -0.39 is 6.10 Å². The van der Waals surface area contributed by atoms with Crippen LogP contribution < -0.4 is 0 Å². The van der Waals surface area contributed by atoms with E-state index in [-0.39, 0.29) is 25.2 Å². The quantitative estimate of drug-likeness (QED) is 0.0374. The highest BCUT2D eigenvalue weighted by Gasteiger charge is 2.16. The summed E-state index contributed by atoms with van der Waals surface area (Å²) >= 11 is 0. The van der Waals surface area contributed by atoms with Crippen LogP contribution in [0.15, 0.2) is 72.9 Å². The molecule has 0 aliphatic rings. The molecule has 0 aromatic rings. The summed E-state index contributed by atoms with van der Waals surface area (Å²) in [4.78, 5) is 24.5. The molecule has 0 bridgehead atoms. The maximum Gasteiger partial charge on any atom is 0.306 e. The van der Waals surface area contributed by atoms with Gasteiger partial charge in [-0.3, -0.25) is 9.59 Å². The van der Waals surface area contributed by atoms with Gasteiger partial charge in [-0.2, -0.15) is 0 Å². The average Bonchev–Trinajstić information content (AvgIpc) is 3.34. The van der Waals surface area contributed by atoms with Crippen LogP contribution in [0.5, 0.6) is 0 Å². The van der Waals surface area contributed by atoms with Crippen LogP contribution in [0.3, 0.4) is 0 Å². The predicted molar refractivity (Wildman–Crippen MR) is 297 cm³/mol. The van der Waals surface area contributed by atoms with Gasteiger partial charge in [-0.25, -0.2) is 0 Å². The number of unbranched alkanes of at least 4 members (excludes halogenated alkanes) is 34. The molecule has 0 aromatic carbocycles. The molecule has 1 atom stereocenters. The van der Waals surface area contributed by atoms with E-state index in [0.29, 0.717) is 12.8 Å². The average molecular weight is 950 g/mol. The lowest BCUT2D eigenvalue weighted by molar-refractivity contribution is -0.161. The highest BCUT2D eigenvalue weighted by atomic mass is 16.6. The molecule has 1 unspecified atom stereocenters. The summed E-state index contributed by atoms with van der Waals surface area (Å²) in [5.41, 5.74) is 0. The lowest BCUT2D eigenvalue weighted by Crippen LogP contribution is -2.28. The number of allylic oxidation sites excluding steroid dienone is 12. The first-order chi connectivity index (χ1) is 33.6. The largest absolute Gasteiger partial charge is 0.462 e. The molecular formula is C63H112O5. The van der Waals surface area contributed by atoms with Crippen molar-refractivity contribution < 1.29 is 24.2 Å². The number of ether oxygens (including phenoxy) is 2. The minimum absolute atomic E-state index is 0.0671. The normalized spacial score (nSPS) is 12.7. The van der Waals surface area contributed by atoms with E-state index in [9.17, 15) is 14.7 Å². The van der Waals surface area contributed by atoms with Crippen LogP contribution in [0.25, 0.3) is 0 Å². The molecule has 0 spiro atoms. The number of carbonyl (C=O) groups excluding carboxylic acids is 2. The van der Waals surface area contributed by atoms with Gasteiger partial charge in [0.2, 0.25) is 0 Å². The first-order valence-corrected chi connectivity index (χ1v) is 29.5. The van der Waals surface area contributed by atoms with E-state index in [0.717, 1.165) is 70.6 Å². The van der Waals surface area contributed by atoms with Gasteiger partial charge in [0, 0.05) is 12.8 Å². The lowest BCUT2D eigenvalue weighted by atomic mass is 10.0. The number of carbonyl (C=O) groups is 2. The molecule has 0 radical (unpaired) electrons. The molecule has 394 valence electrons. The third-order valence-electron chi connectivity index (χ3n) is 13.0. The fraction of sp³-hybridized carbons (Fsp3) is 0.778. The second kappa shape index (κ2) is 58.7. The number of hydrogen-bond donors (Lipinski definition) is 1. The van der Waals surface area contributed by atoms with Crippen molar-refractivity contribution in [3.8, 4) is 0 Å². The Hall–Kier alpha value is -2.66. The van der Waals surface area contributed by atoms with E-state index >= 15 is 0 Å². The molecule has 0 saturated heterocycles. The molecule has 0 rings (SSSR count). The highest BCUT2D eigenvalue weighted by molar-refractivity contribution is 5.70. The molecule has 0 aliphatic carbocycles. The molecule has 5 nitrogen and oxygen atoms in total. The van der Waals surface area contributed by atoms with Gasteiger partial charge < -0.3 is 14.6 Å². The van der Waals surface area contributed by atoms with Crippen LogP contribution in [0.2, 0.25) is 0 Å². The summed E-state index contributed by atoms with van der Waals surface area (Å²) in [7, 11) is 0. The van der Waals surface area contributed by atoms with Crippen molar-refractivity contribution in [2.45, 2.75) is 302 Å². The third kappa shape index (κ3) is 55.9. The van der Waals surface area contributed by atoms with Crippen molar-refractivity contribution in [2.75, 3.05) is 13.2 Å². The summed E-state index contributed by atoms with van der Waals surface area (Å²) in [6.07, 6.45) is 80.3. The van der Waals surface area contributed by atoms with Gasteiger partial charge in [-0.1, -0.05) is 273 Å². The van der Waals surface area contributed by atoms with Gasteiger partial charge in [0.05, 0.1) is 6.61 Å². The highest BCUT2D eigenvalue weighted by Crippen LogP contribution is 2.17. The molecule has 0 aromatic heterocycles. The smallest absolute Gasteiger partial charge is 0.306 e. The first-order valence-electron chi connectivity index (χ1n) is 29.5. The second-order valence-corrected chi connectivity index (χ2v) is 19.7. The van der Waals surface area contributed by atoms with Crippen LogP contribution in [0.1, 0.15) is 296 Å². The van der Waals surface area contributed by atoms with Crippen molar-refractivity contribution >= 4 is 11.9 Å². The number of aliphatic hydroxyl groups is 1. The Morgan fingerprint density at radius 3 is 0.956 bits per heavy atom. The molecule has 1 N–H and O–H groups in total. The number of rotatable bonds is 54. The molecule has 0 saturated carbocycles. The van der Waals surface area contributed by atoms with E-state index in [2.05, 4.69) is 86.8 Å². The van der Waals surface area contributed by atoms with E-state index in [1.807, 2.05) is 0 Å². The zero-order valence-corrected chi connectivity index (χ0v) is 45.1. The maximum absolute atomic E-state index is 12.3. The lowest BCUT2D eigenvalue weighted by Gasteiger charge is -2.15. The van der Waals surface area contributed by atoms with Crippen LogP contribution in [-0.4, -0.2) is 36.4 Å². The van der Waals surface area contributed by atoms with Gasteiger partial charge in [0.25, 0.3) is 0 Å².